The topological polar surface area (TPSA) is 87.4 Å². The van der Waals surface area contributed by atoms with Gasteiger partial charge in [0.15, 0.2) is 5.82 Å². The van der Waals surface area contributed by atoms with Crippen molar-refractivity contribution in [3.63, 3.8) is 0 Å². The lowest BCUT2D eigenvalue weighted by atomic mass is 10.3. The predicted molar refractivity (Wildman–Crippen MR) is 80.9 cm³/mol. The van der Waals surface area contributed by atoms with Crippen LogP contribution in [0.3, 0.4) is 0 Å². The summed E-state index contributed by atoms with van der Waals surface area (Å²) in [6.07, 6.45) is 1.41. The van der Waals surface area contributed by atoms with Crippen molar-refractivity contribution in [1.29, 1.82) is 0 Å². The normalized spacial score (nSPS) is 15.8. The number of carbonyl (C=O) groups excluding carboxylic acids is 1. The Labute approximate surface area is 128 Å². The molecule has 2 aromatic rings. The molecule has 0 bridgehead atoms. The monoisotopic (exact) mass is 302 g/mol. The molecular formula is C14H18N6O2. The molecule has 1 aliphatic rings. The Kier molecular flexibility index (Phi) is 4.01. The van der Waals surface area contributed by atoms with Crippen LogP contribution in [0.1, 0.15) is 16.2 Å². The number of aryl methyl sites for hydroxylation is 1. The molecule has 0 atom stereocenters. The number of carbonyl (C=O) groups is 1. The number of piperazine rings is 1. The molecule has 0 aliphatic carbocycles. The highest BCUT2D eigenvalue weighted by atomic mass is 16.5. The van der Waals surface area contributed by atoms with Gasteiger partial charge in [-0.05, 0) is 14.0 Å². The molecule has 1 aliphatic heterocycles. The molecule has 8 heteroatoms. The van der Waals surface area contributed by atoms with Crippen molar-refractivity contribution in [3.05, 3.63) is 29.9 Å². The first-order valence-corrected chi connectivity index (χ1v) is 7.12. The van der Waals surface area contributed by atoms with E-state index in [1.807, 2.05) is 0 Å². The number of hydrogen-bond acceptors (Lipinski definition) is 7. The maximum absolute atomic E-state index is 12.2. The van der Waals surface area contributed by atoms with Gasteiger partial charge in [0.05, 0.1) is 0 Å². The van der Waals surface area contributed by atoms with Crippen molar-refractivity contribution < 1.29 is 9.32 Å². The molecule has 0 saturated carbocycles. The Morgan fingerprint density at radius 3 is 2.68 bits per heavy atom. The van der Waals surface area contributed by atoms with Crippen molar-refractivity contribution in [2.24, 2.45) is 0 Å². The first kappa shape index (κ1) is 14.5. The van der Waals surface area contributed by atoms with Crippen LogP contribution in [-0.4, -0.2) is 59.2 Å². The molecule has 0 radical (unpaired) electrons. The average Bonchev–Trinajstić information content (AvgIpc) is 2.93. The molecule has 1 saturated heterocycles. The van der Waals surface area contributed by atoms with Crippen LogP contribution in [0.5, 0.6) is 0 Å². The van der Waals surface area contributed by atoms with Crippen molar-refractivity contribution >= 4 is 17.5 Å². The fourth-order valence-corrected chi connectivity index (χ4v) is 2.29. The molecule has 0 unspecified atom stereocenters. The van der Waals surface area contributed by atoms with Gasteiger partial charge in [-0.2, -0.15) is 0 Å². The lowest BCUT2D eigenvalue weighted by molar-refractivity contribution is 0.102. The number of rotatable bonds is 3. The van der Waals surface area contributed by atoms with Crippen molar-refractivity contribution in [3.8, 4) is 0 Å². The number of nitrogens with one attached hydrogen (secondary N) is 1. The number of hydrogen-bond donors (Lipinski definition) is 1. The summed E-state index contributed by atoms with van der Waals surface area (Å²) < 4.78 is 4.92. The fourth-order valence-electron chi connectivity index (χ4n) is 2.29. The van der Waals surface area contributed by atoms with Gasteiger partial charge in [-0.15, -0.1) is 0 Å². The second-order valence-corrected chi connectivity index (χ2v) is 5.33. The SMILES string of the molecule is Cc1cc(NC(=O)c2cc(N3CCN(C)CC3)ncn2)no1. The molecule has 22 heavy (non-hydrogen) atoms. The molecule has 3 heterocycles. The third-order valence-electron chi connectivity index (χ3n) is 3.58. The summed E-state index contributed by atoms with van der Waals surface area (Å²) in [6, 6.07) is 3.36. The van der Waals surface area contributed by atoms with E-state index in [0.29, 0.717) is 17.3 Å². The Morgan fingerprint density at radius 2 is 2.00 bits per heavy atom. The Balaban J connectivity index is 1.71. The summed E-state index contributed by atoms with van der Waals surface area (Å²) in [5, 5.41) is 6.39. The first-order valence-electron chi connectivity index (χ1n) is 7.12. The summed E-state index contributed by atoms with van der Waals surface area (Å²) in [5.74, 6) is 1.45. The van der Waals surface area contributed by atoms with E-state index in [2.05, 4.69) is 37.3 Å². The van der Waals surface area contributed by atoms with Crippen molar-refractivity contribution in [1.82, 2.24) is 20.0 Å². The van der Waals surface area contributed by atoms with Gasteiger partial charge in [0.1, 0.15) is 23.6 Å². The molecule has 0 spiro atoms. The second kappa shape index (κ2) is 6.10. The number of likely N-dealkylation sites (N-methyl/N-ethyl adjacent to an activating group) is 1. The smallest absolute Gasteiger partial charge is 0.275 e. The predicted octanol–water partition coefficient (Wildman–Crippen LogP) is 0.777. The molecule has 116 valence electrons. The number of amides is 1. The minimum absolute atomic E-state index is 0.310. The van der Waals surface area contributed by atoms with Gasteiger partial charge in [0.2, 0.25) is 0 Å². The van der Waals surface area contributed by atoms with Gasteiger partial charge in [-0.1, -0.05) is 5.16 Å². The standard InChI is InChI=1S/C14H18N6O2/c1-10-7-12(18-22-10)17-14(21)11-8-13(16-9-15-11)20-5-3-19(2)4-6-20/h7-9H,3-6H2,1-2H3,(H,17,18,21). The van der Waals surface area contributed by atoms with Gasteiger partial charge < -0.3 is 19.6 Å². The highest BCUT2D eigenvalue weighted by Crippen LogP contribution is 2.14. The van der Waals surface area contributed by atoms with Crippen LogP contribution in [0.2, 0.25) is 0 Å². The summed E-state index contributed by atoms with van der Waals surface area (Å²) in [7, 11) is 2.09. The number of aromatic nitrogens is 3. The largest absolute Gasteiger partial charge is 0.360 e. The highest BCUT2D eigenvalue weighted by molar-refractivity contribution is 6.02. The van der Waals surface area contributed by atoms with E-state index < -0.39 is 0 Å². The highest BCUT2D eigenvalue weighted by Gasteiger charge is 2.17. The molecular weight excluding hydrogens is 284 g/mol. The summed E-state index contributed by atoms with van der Waals surface area (Å²) >= 11 is 0. The summed E-state index contributed by atoms with van der Waals surface area (Å²) in [5.41, 5.74) is 0.310. The minimum Gasteiger partial charge on any atom is -0.360 e. The van der Waals surface area contributed by atoms with Crippen molar-refractivity contribution in [2.45, 2.75) is 6.92 Å². The fraction of sp³-hybridized carbons (Fsp3) is 0.429. The van der Waals surface area contributed by atoms with Crippen molar-refractivity contribution in [2.75, 3.05) is 43.4 Å². The van der Waals surface area contributed by atoms with Crippen LogP contribution in [-0.2, 0) is 0 Å². The lowest BCUT2D eigenvalue weighted by Crippen LogP contribution is -2.44. The molecule has 1 fully saturated rings. The van der Waals surface area contributed by atoms with Gasteiger partial charge >= 0.3 is 0 Å². The van der Waals surface area contributed by atoms with E-state index in [-0.39, 0.29) is 5.91 Å². The molecule has 1 N–H and O–H groups in total. The van der Waals surface area contributed by atoms with E-state index in [0.717, 1.165) is 32.0 Å². The van der Waals surface area contributed by atoms with Crippen LogP contribution in [0.15, 0.2) is 23.0 Å². The Hall–Kier alpha value is -2.48. The summed E-state index contributed by atoms with van der Waals surface area (Å²) in [4.78, 5) is 24.9. The van der Waals surface area contributed by atoms with Crippen LogP contribution >= 0.6 is 0 Å². The third kappa shape index (κ3) is 3.22. The molecule has 2 aromatic heterocycles. The van der Waals surface area contributed by atoms with Gasteiger partial charge in [-0.25, -0.2) is 9.97 Å². The quantitative estimate of drug-likeness (QED) is 0.896. The zero-order valence-electron chi connectivity index (χ0n) is 12.6. The van der Waals surface area contributed by atoms with Crippen LogP contribution < -0.4 is 10.2 Å². The minimum atomic E-state index is -0.328. The molecule has 8 nitrogen and oxygen atoms in total. The van der Waals surface area contributed by atoms with E-state index >= 15 is 0 Å². The van der Waals surface area contributed by atoms with E-state index in [9.17, 15) is 4.79 Å². The van der Waals surface area contributed by atoms with Crippen LogP contribution in [0, 0.1) is 6.92 Å². The number of nitrogens with zero attached hydrogens (tertiary/aromatic N) is 5. The van der Waals surface area contributed by atoms with E-state index in [1.54, 1.807) is 19.1 Å². The Bertz CT molecular complexity index is 663. The maximum atomic E-state index is 12.2. The maximum Gasteiger partial charge on any atom is 0.275 e. The third-order valence-corrected chi connectivity index (χ3v) is 3.58. The Morgan fingerprint density at radius 1 is 1.23 bits per heavy atom. The lowest BCUT2D eigenvalue weighted by Gasteiger charge is -2.33. The zero-order chi connectivity index (χ0) is 15.5. The summed E-state index contributed by atoms with van der Waals surface area (Å²) in [6.45, 7) is 5.49. The van der Waals surface area contributed by atoms with Gasteiger partial charge in [0, 0.05) is 38.3 Å². The van der Waals surface area contributed by atoms with E-state index in [4.69, 9.17) is 4.52 Å². The van der Waals surface area contributed by atoms with Crippen LogP contribution in [0.25, 0.3) is 0 Å². The average molecular weight is 302 g/mol. The number of anilines is 2. The molecule has 0 aromatic carbocycles. The first-order chi connectivity index (χ1) is 10.6. The molecule has 1 amide bonds. The van der Waals surface area contributed by atoms with E-state index in [1.165, 1.54) is 6.33 Å². The second-order valence-electron chi connectivity index (χ2n) is 5.33. The van der Waals surface area contributed by atoms with Crippen LogP contribution in [0.4, 0.5) is 11.6 Å². The zero-order valence-corrected chi connectivity index (χ0v) is 12.6. The van der Waals surface area contributed by atoms with Gasteiger partial charge in [-0.3, -0.25) is 4.79 Å². The van der Waals surface area contributed by atoms with Gasteiger partial charge in [0.25, 0.3) is 5.91 Å². The molecule has 3 rings (SSSR count).